The molecule has 1 aliphatic carbocycles. The highest BCUT2D eigenvalue weighted by atomic mass is 32.1. The molecule has 3 aromatic carbocycles. The van der Waals surface area contributed by atoms with Gasteiger partial charge in [0, 0.05) is 28.7 Å². The summed E-state index contributed by atoms with van der Waals surface area (Å²) in [5.74, 6) is -1.57. The van der Waals surface area contributed by atoms with E-state index >= 15 is 4.39 Å². The van der Waals surface area contributed by atoms with Crippen molar-refractivity contribution in [3.05, 3.63) is 88.9 Å². The van der Waals surface area contributed by atoms with Crippen LogP contribution < -0.4 is 15.1 Å². The summed E-state index contributed by atoms with van der Waals surface area (Å²) in [6.07, 6.45) is -1.79. The molecule has 2 aliphatic rings. The molecule has 8 nitrogen and oxygen atoms in total. The molecule has 212 valence electrons. The topological polar surface area (TPSA) is 105 Å². The lowest BCUT2D eigenvalue weighted by Gasteiger charge is -2.43. The first kappa shape index (κ1) is 27.3. The van der Waals surface area contributed by atoms with Gasteiger partial charge in [-0.1, -0.05) is 6.07 Å². The molecule has 0 bridgehead atoms. The van der Waals surface area contributed by atoms with Gasteiger partial charge in [-0.2, -0.15) is 23.5 Å². The second kappa shape index (κ2) is 9.92. The molecule has 0 radical (unpaired) electrons. The van der Waals surface area contributed by atoms with Gasteiger partial charge >= 0.3 is 6.18 Å². The number of carbonyl (C=O) groups is 2. The van der Waals surface area contributed by atoms with Crippen molar-refractivity contribution in [3.63, 3.8) is 0 Å². The lowest BCUT2D eigenvalue weighted by Crippen LogP contribution is -2.55. The number of thiocarbonyl (C=S) groups is 1. The monoisotopic (exact) mass is 592 g/mol. The van der Waals surface area contributed by atoms with Gasteiger partial charge in [-0.3, -0.25) is 19.6 Å². The molecule has 42 heavy (non-hydrogen) atoms. The van der Waals surface area contributed by atoms with Crippen LogP contribution in [-0.4, -0.2) is 32.7 Å². The molecular weight excluding hydrogens is 572 g/mol. The molecule has 6 rings (SSSR count). The van der Waals surface area contributed by atoms with Crippen LogP contribution in [0.2, 0.25) is 0 Å². The summed E-state index contributed by atoms with van der Waals surface area (Å²) in [5.41, 5.74) is -1.44. The molecule has 1 saturated carbocycles. The lowest BCUT2D eigenvalue weighted by atomic mass is 9.75. The lowest BCUT2D eigenvalue weighted by molar-refractivity contribution is -0.137. The fourth-order valence-electron chi connectivity index (χ4n) is 5.39. The molecule has 0 atom stereocenters. The second-order valence-electron chi connectivity index (χ2n) is 10.1. The number of halogens is 4. The predicted octanol–water partition coefficient (Wildman–Crippen LogP) is 5.58. The van der Waals surface area contributed by atoms with Gasteiger partial charge in [0.05, 0.1) is 34.6 Å². The number of H-pyrrole nitrogens is 1. The number of nitriles is 1. The van der Waals surface area contributed by atoms with Gasteiger partial charge in [-0.05, 0) is 80.0 Å². The zero-order chi connectivity index (χ0) is 29.8. The van der Waals surface area contributed by atoms with Gasteiger partial charge in [-0.25, -0.2) is 4.39 Å². The Hall–Kier alpha value is -4.83. The second-order valence-corrected chi connectivity index (χ2v) is 10.5. The molecule has 0 unspecified atom stereocenters. The Morgan fingerprint density at radius 3 is 2.55 bits per heavy atom. The third kappa shape index (κ3) is 4.35. The normalized spacial score (nSPS) is 16.2. The van der Waals surface area contributed by atoms with Crippen LogP contribution in [0.5, 0.6) is 0 Å². The number of amides is 2. The van der Waals surface area contributed by atoms with Crippen LogP contribution in [0, 0.1) is 17.1 Å². The molecule has 13 heteroatoms. The molecule has 1 saturated heterocycles. The van der Waals surface area contributed by atoms with Crippen molar-refractivity contribution in [2.24, 2.45) is 0 Å². The van der Waals surface area contributed by atoms with Crippen LogP contribution in [-0.2, 0) is 17.5 Å². The minimum Gasteiger partial charge on any atom is -0.348 e. The van der Waals surface area contributed by atoms with E-state index in [1.165, 1.54) is 29.2 Å². The Bertz CT molecular complexity index is 1820. The van der Waals surface area contributed by atoms with E-state index in [1.54, 1.807) is 30.5 Å². The number of aromatic nitrogens is 2. The number of aromatic amines is 1. The van der Waals surface area contributed by atoms with E-state index in [1.807, 2.05) is 0 Å². The number of rotatable bonds is 5. The van der Waals surface area contributed by atoms with Gasteiger partial charge in [0.1, 0.15) is 11.4 Å². The molecule has 2 heterocycles. The van der Waals surface area contributed by atoms with Crippen molar-refractivity contribution >= 4 is 51.4 Å². The summed E-state index contributed by atoms with van der Waals surface area (Å²) < 4.78 is 56.2. The van der Waals surface area contributed by atoms with E-state index < -0.39 is 40.5 Å². The molecule has 2 amide bonds. The zero-order valence-corrected chi connectivity index (χ0v) is 22.4. The fourth-order valence-corrected chi connectivity index (χ4v) is 5.86. The van der Waals surface area contributed by atoms with E-state index in [9.17, 15) is 22.8 Å². The third-order valence-corrected chi connectivity index (χ3v) is 8.08. The Balaban J connectivity index is 1.26. The minimum atomic E-state index is -4.82. The van der Waals surface area contributed by atoms with Gasteiger partial charge in [0.2, 0.25) is 0 Å². The van der Waals surface area contributed by atoms with E-state index in [2.05, 4.69) is 15.5 Å². The van der Waals surface area contributed by atoms with Crippen LogP contribution in [0.3, 0.4) is 0 Å². The van der Waals surface area contributed by atoms with Crippen molar-refractivity contribution in [2.45, 2.75) is 37.5 Å². The Morgan fingerprint density at radius 1 is 1.12 bits per heavy atom. The van der Waals surface area contributed by atoms with E-state index in [0.29, 0.717) is 24.8 Å². The molecule has 1 spiro atoms. The van der Waals surface area contributed by atoms with Crippen molar-refractivity contribution in [1.82, 2.24) is 15.5 Å². The van der Waals surface area contributed by atoms with Crippen molar-refractivity contribution in [2.75, 3.05) is 9.80 Å². The Morgan fingerprint density at radius 2 is 1.88 bits per heavy atom. The summed E-state index contributed by atoms with van der Waals surface area (Å²) >= 11 is 5.59. The summed E-state index contributed by atoms with van der Waals surface area (Å²) in [4.78, 5) is 28.8. The average Bonchev–Trinajstić information content (AvgIpc) is 3.50. The highest BCUT2D eigenvalue weighted by Gasteiger charge is 2.59. The number of hydrogen-bond acceptors (Lipinski definition) is 5. The number of fused-ring (bicyclic) bond motifs is 1. The first-order valence-electron chi connectivity index (χ1n) is 12.8. The first-order valence-corrected chi connectivity index (χ1v) is 13.2. The van der Waals surface area contributed by atoms with Gasteiger partial charge < -0.3 is 10.2 Å². The standard InChI is InChI=1S/C29H20F4N6O2S/c30-23-12-21(6-3-18(23)14-35-25(40)16-4-7-24-19(10-16)15-36-37-24)39-27(42)38(26(41)28(39)8-1-9-28)20-5-2-17(13-34)22(11-20)29(31,32)33/h2-7,10-12,15H,1,8-9,14H2,(H,35,40)(H,36,37). The van der Waals surface area contributed by atoms with E-state index in [0.717, 1.165) is 27.9 Å². The largest absolute Gasteiger partial charge is 0.417 e. The number of alkyl halides is 3. The molecule has 2 fully saturated rings. The van der Waals surface area contributed by atoms with Crippen LogP contribution in [0.25, 0.3) is 10.9 Å². The number of benzene rings is 3. The predicted molar refractivity (Wildman–Crippen MR) is 149 cm³/mol. The first-order chi connectivity index (χ1) is 20.0. The zero-order valence-electron chi connectivity index (χ0n) is 21.6. The molecule has 1 aliphatic heterocycles. The maximum atomic E-state index is 15.3. The van der Waals surface area contributed by atoms with E-state index in [4.69, 9.17) is 17.5 Å². The minimum absolute atomic E-state index is 0.0902. The number of carbonyl (C=O) groups excluding carboxylic acids is 2. The quantitative estimate of drug-likeness (QED) is 0.232. The van der Waals surface area contributed by atoms with Crippen LogP contribution >= 0.6 is 12.2 Å². The summed E-state index contributed by atoms with van der Waals surface area (Å²) in [6, 6.07) is 13.7. The third-order valence-electron chi connectivity index (χ3n) is 7.72. The SMILES string of the molecule is N#Cc1ccc(N2C(=O)C3(CCC3)N(c3ccc(CNC(=O)c4ccc5[nH]ncc5c4)c(F)c3)C2=S)cc1C(F)(F)F. The van der Waals surface area contributed by atoms with Crippen molar-refractivity contribution in [3.8, 4) is 6.07 Å². The number of anilines is 2. The molecular formula is C29H20F4N6O2S. The molecule has 1 aromatic heterocycles. The highest BCUT2D eigenvalue weighted by molar-refractivity contribution is 7.81. The van der Waals surface area contributed by atoms with Gasteiger partial charge in [0.15, 0.2) is 5.11 Å². The van der Waals surface area contributed by atoms with Crippen LogP contribution in [0.4, 0.5) is 28.9 Å². The Labute approximate surface area is 241 Å². The number of nitrogens with zero attached hydrogens (tertiary/aromatic N) is 4. The van der Waals surface area contributed by atoms with Gasteiger partial charge in [0.25, 0.3) is 11.8 Å². The number of nitrogens with one attached hydrogen (secondary N) is 2. The van der Waals surface area contributed by atoms with Crippen molar-refractivity contribution in [1.29, 1.82) is 5.26 Å². The fraction of sp³-hybridized carbons (Fsp3) is 0.207. The van der Waals surface area contributed by atoms with Gasteiger partial charge in [-0.15, -0.1) is 0 Å². The van der Waals surface area contributed by atoms with E-state index in [-0.39, 0.29) is 28.6 Å². The summed E-state index contributed by atoms with van der Waals surface area (Å²) in [5, 5.41) is 19.2. The van der Waals surface area contributed by atoms with Crippen LogP contribution in [0.1, 0.15) is 46.3 Å². The Kier molecular flexibility index (Phi) is 6.46. The maximum absolute atomic E-state index is 15.3. The molecule has 2 N–H and O–H groups in total. The summed E-state index contributed by atoms with van der Waals surface area (Å²) in [6.45, 7) is -0.111. The number of hydrogen-bond donors (Lipinski definition) is 2. The average molecular weight is 593 g/mol. The van der Waals surface area contributed by atoms with Crippen LogP contribution in [0.15, 0.2) is 60.8 Å². The smallest absolute Gasteiger partial charge is 0.348 e. The highest BCUT2D eigenvalue weighted by Crippen LogP contribution is 2.48. The molecule has 4 aromatic rings. The summed E-state index contributed by atoms with van der Waals surface area (Å²) in [7, 11) is 0. The maximum Gasteiger partial charge on any atom is 0.417 e. The van der Waals surface area contributed by atoms with Crippen molar-refractivity contribution < 1.29 is 27.2 Å².